The molecule has 1 heterocycles. The number of carboxylic acid groups (broad SMARTS) is 1. The quantitative estimate of drug-likeness (QED) is 0.895. The molecule has 5 nitrogen and oxygen atoms in total. The minimum Gasteiger partial charge on any atom is -0.479 e. The summed E-state index contributed by atoms with van der Waals surface area (Å²) in [4.78, 5) is 19.2. The van der Waals surface area contributed by atoms with Crippen molar-refractivity contribution in [3.05, 3.63) is 41.7 Å². The summed E-state index contributed by atoms with van der Waals surface area (Å²) in [5, 5.41) is 9.01. The molecule has 92 valence electrons. The molecule has 0 aliphatic rings. The number of aromatic carboxylic acids is 1. The van der Waals surface area contributed by atoms with Crippen molar-refractivity contribution in [3.63, 3.8) is 0 Å². The van der Waals surface area contributed by atoms with E-state index in [-0.39, 0.29) is 5.56 Å². The Morgan fingerprint density at radius 2 is 2.00 bits per heavy atom. The number of carbonyl (C=O) groups is 1. The lowest BCUT2D eigenvalue weighted by Gasteiger charge is -2.09. The van der Waals surface area contributed by atoms with Crippen LogP contribution >= 0.6 is 0 Å². The molecule has 0 radical (unpaired) electrons. The Hall–Kier alpha value is -2.43. The third-order valence-corrected chi connectivity index (χ3v) is 2.60. The van der Waals surface area contributed by atoms with Gasteiger partial charge in [-0.15, -0.1) is 0 Å². The Morgan fingerprint density at radius 1 is 1.28 bits per heavy atom. The van der Waals surface area contributed by atoms with Crippen molar-refractivity contribution in [1.29, 1.82) is 0 Å². The van der Waals surface area contributed by atoms with Gasteiger partial charge in [0.2, 0.25) is 5.88 Å². The van der Waals surface area contributed by atoms with Gasteiger partial charge in [0.05, 0.1) is 12.7 Å². The van der Waals surface area contributed by atoms with Crippen LogP contribution in [0.3, 0.4) is 0 Å². The molecule has 18 heavy (non-hydrogen) atoms. The van der Waals surface area contributed by atoms with E-state index in [2.05, 4.69) is 9.97 Å². The number of rotatable bonds is 3. The van der Waals surface area contributed by atoms with E-state index in [0.717, 1.165) is 5.56 Å². The molecule has 1 aromatic heterocycles. The third-order valence-electron chi connectivity index (χ3n) is 2.60. The van der Waals surface area contributed by atoms with E-state index in [0.29, 0.717) is 17.1 Å². The second-order valence-electron chi connectivity index (χ2n) is 3.75. The largest absolute Gasteiger partial charge is 0.479 e. The first-order valence-electron chi connectivity index (χ1n) is 5.33. The van der Waals surface area contributed by atoms with Crippen molar-refractivity contribution in [3.8, 4) is 17.1 Å². The lowest BCUT2D eigenvalue weighted by molar-refractivity contribution is 0.0697. The molecule has 0 fully saturated rings. The first-order chi connectivity index (χ1) is 8.63. The lowest BCUT2D eigenvalue weighted by atomic mass is 10.0. The number of hydrogen-bond acceptors (Lipinski definition) is 4. The maximum atomic E-state index is 11.0. The molecule has 0 aliphatic heterocycles. The monoisotopic (exact) mass is 244 g/mol. The van der Waals surface area contributed by atoms with Gasteiger partial charge in [0, 0.05) is 18.0 Å². The van der Waals surface area contributed by atoms with E-state index < -0.39 is 5.97 Å². The molecule has 0 saturated carbocycles. The standard InChI is InChI=1S/C13H12N2O3/c1-8-3-4-9(13(16)17)7-10(8)11-12(18-2)15-6-5-14-11/h3-7H,1-2H3,(H,16,17). The van der Waals surface area contributed by atoms with Crippen molar-refractivity contribution in [1.82, 2.24) is 9.97 Å². The molecule has 0 aliphatic carbocycles. The predicted octanol–water partition coefficient (Wildman–Crippen LogP) is 2.16. The fourth-order valence-electron chi connectivity index (χ4n) is 1.67. The van der Waals surface area contributed by atoms with Gasteiger partial charge in [0.25, 0.3) is 0 Å². The maximum Gasteiger partial charge on any atom is 0.335 e. The van der Waals surface area contributed by atoms with Gasteiger partial charge in [-0.1, -0.05) is 6.07 Å². The zero-order valence-corrected chi connectivity index (χ0v) is 10.0. The van der Waals surface area contributed by atoms with Crippen LogP contribution in [-0.4, -0.2) is 28.2 Å². The summed E-state index contributed by atoms with van der Waals surface area (Å²) in [6.07, 6.45) is 3.07. The normalized spacial score (nSPS) is 10.1. The topological polar surface area (TPSA) is 72.3 Å². The Labute approximate surface area is 104 Å². The maximum absolute atomic E-state index is 11.0. The number of hydrogen-bond donors (Lipinski definition) is 1. The Kier molecular flexibility index (Phi) is 3.23. The van der Waals surface area contributed by atoms with E-state index in [1.165, 1.54) is 13.3 Å². The number of nitrogens with zero attached hydrogens (tertiary/aromatic N) is 2. The fourth-order valence-corrected chi connectivity index (χ4v) is 1.67. The zero-order valence-electron chi connectivity index (χ0n) is 10.0. The van der Waals surface area contributed by atoms with E-state index in [1.54, 1.807) is 24.4 Å². The molecule has 0 spiro atoms. The summed E-state index contributed by atoms with van der Waals surface area (Å²) in [5.74, 6) is -0.595. The van der Waals surface area contributed by atoms with Gasteiger partial charge in [-0.25, -0.2) is 14.8 Å². The molecule has 2 aromatic rings. The summed E-state index contributed by atoms with van der Waals surface area (Å²) in [5.41, 5.74) is 2.38. The Bertz CT molecular complexity index is 597. The van der Waals surface area contributed by atoms with Crippen LogP contribution in [0.1, 0.15) is 15.9 Å². The first-order valence-corrected chi connectivity index (χ1v) is 5.33. The van der Waals surface area contributed by atoms with Crippen LogP contribution in [0.5, 0.6) is 5.88 Å². The molecule has 0 amide bonds. The number of aryl methyl sites for hydroxylation is 1. The van der Waals surface area contributed by atoms with E-state index in [1.807, 2.05) is 6.92 Å². The summed E-state index contributed by atoms with van der Waals surface area (Å²) in [7, 11) is 1.50. The molecule has 0 saturated heterocycles. The number of carboxylic acids is 1. The smallest absolute Gasteiger partial charge is 0.335 e. The predicted molar refractivity (Wildman–Crippen MR) is 65.7 cm³/mol. The molecule has 2 rings (SSSR count). The number of ether oxygens (including phenoxy) is 1. The van der Waals surface area contributed by atoms with E-state index in [4.69, 9.17) is 9.84 Å². The highest BCUT2D eigenvalue weighted by Gasteiger charge is 2.13. The molecular weight excluding hydrogens is 232 g/mol. The molecule has 5 heteroatoms. The molecular formula is C13H12N2O3. The van der Waals surface area contributed by atoms with Crippen LogP contribution in [0.4, 0.5) is 0 Å². The first kappa shape index (κ1) is 12.0. The fraction of sp³-hybridized carbons (Fsp3) is 0.154. The second-order valence-corrected chi connectivity index (χ2v) is 3.75. The minimum atomic E-state index is -0.973. The van der Waals surface area contributed by atoms with Gasteiger partial charge >= 0.3 is 5.97 Å². The van der Waals surface area contributed by atoms with E-state index >= 15 is 0 Å². The van der Waals surface area contributed by atoms with Gasteiger partial charge in [-0.3, -0.25) is 0 Å². The average Bonchev–Trinajstić information content (AvgIpc) is 2.39. The van der Waals surface area contributed by atoms with Gasteiger partial charge in [-0.2, -0.15) is 0 Å². The number of aromatic nitrogens is 2. The zero-order chi connectivity index (χ0) is 13.1. The summed E-state index contributed by atoms with van der Waals surface area (Å²) in [6.45, 7) is 1.88. The average molecular weight is 244 g/mol. The number of methoxy groups -OCH3 is 1. The minimum absolute atomic E-state index is 0.211. The van der Waals surface area contributed by atoms with Crippen molar-refractivity contribution < 1.29 is 14.6 Å². The van der Waals surface area contributed by atoms with Crippen LogP contribution in [0.25, 0.3) is 11.3 Å². The van der Waals surface area contributed by atoms with E-state index in [9.17, 15) is 4.79 Å². The second kappa shape index (κ2) is 4.83. The van der Waals surface area contributed by atoms with Crippen molar-refractivity contribution in [2.75, 3.05) is 7.11 Å². The lowest BCUT2D eigenvalue weighted by Crippen LogP contribution is -2.00. The van der Waals surface area contributed by atoms with Crippen LogP contribution in [-0.2, 0) is 0 Å². The molecule has 1 aromatic carbocycles. The third kappa shape index (κ3) is 2.15. The van der Waals surface area contributed by atoms with Crippen LogP contribution < -0.4 is 4.74 Å². The van der Waals surface area contributed by atoms with Crippen molar-refractivity contribution in [2.24, 2.45) is 0 Å². The van der Waals surface area contributed by atoms with Gasteiger partial charge in [-0.05, 0) is 24.6 Å². The summed E-state index contributed by atoms with van der Waals surface area (Å²) >= 11 is 0. The van der Waals surface area contributed by atoms with Crippen molar-refractivity contribution >= 4 is 5.97 Å². The van der Waals surface area contributed by atoms with Crippen LogP contribution in [0.2, 0.25) is 0 Å². The molecule has 0 unspecified atom stereocenters. The summed E-state index contributed by atoms with van der Waals surface area (Å²) in [6, 6.07) is 4.88. The highest BCUT2D eigenvalue weighted by Crippen LogP contribution is 2.28. The van der Waals surface area contributed by atoms with Crippen molar-refractivity contribution in [2.45, 2.75) is 6.92 Å². The Morgan fingerprint density at radius 3 is 2.67 bits per heavy atom. The van der Waals surface area contributed by atoms with Crippen LogP contribution in [0.15, 0.2) is 30.6 Å². The molecule has 1 N–H and O–H groups in total. The molecule has 0 atom stereocenters. The van der Waals surface area contributed by atoms with Gasteiger partial charge in [0.1, 0.15) is 5.69 Å². The highest BCUT2D eigenvalue weighted by molar-refractivity contribution is 5.90. The van der Waals surface area contributed by atoms with Gasteiger partial charge < -0.3 is 9.84 Å². The van der Waals surface area contributed by atoms with Crippen LogP contribution in [0, 0.1) is 6.92 Å². The highest BCUT2D eigenvalue weighted by atomic mass is 16.5. The summed E-state index contributed by atoms with van der Waals surface area (Å²) < 4.78 is 5.13. The molecule has 0 bridgehead atoms. The Balaban J connectivity index is 2.62. The van der Waals surface area contributed by atoms with Gasteiger partial charge in [0.15, 0.2) is 0 Å². The number of benzene rings is 1. The SMILES string of the molecule is COc1nccnc1-c1cc(C(=O)O)ccc1C.